The molecule has 0 saturated carbocycles. The molecule has 0 saturated heterocycles. The molecule has 0 amide bonds. The minimum Gasteiger partial charge on any atom is -0.0804 e. The number of allylic oxidation sites excluding steroid dienone is 8. The summed E-state index contributed by atoms with van der Waals surface area (Å²) in [5.74, 6) is 0.624. The van der Waals surface area contributed by atoms with Gasteiger partial charge in [0, 0.05) is 5.92 Å². The third-order valence-corrected chi connectivity index (χ3v) is 3.28. The zero-order chi connectivity index (χ0) is 9.97. The first-order valence-electron chi connectivity index (χ1n) is 5.58. The lowest BCUT2D eigenvalue weighted by Gasteiger charge is -2.17. The van der Waals surface area contributed by atoms with Crippen molar-refractivity contribution in [1.29, 1.82) is 0 Å². The predicted octanol–water partition coefficient (Wildman–Crippen LogP) is 4.18. The second-order valence-corrected chi connectivity index (χ2v) is 4.07. The van der Waals surface area contributed by atoms with Crippen molar-refractivity contribution in [1.82, 2.24) is 0 Å². The first-order valence-corrected chi connectivity index (χ1v) is 5.58. The van der Waals surface area contributed by atoms with E-state index in [0.29, 0.717) is 5.92 Å². The molecule has 0 radical (unpaired) electrons. The maximum absolute atomic E-state index is 2.39. The van der Waals surface area contributed by atoms with Crippen LogP contribution in [0.15, 0.2) is 47.1 Å². The smallest absolute Gasteiger partial charge is 0.00256 e. The Labute approximate surface area is 86.7 Å². The predicted molar refractivity (Wildman–Crippen MR) is 62.1 cm³/mol. The van der Waals surface area contributed by atoms with Crippen molar-refractivity contribution in [2.24, 2.45) is 5.92 Å². The summed E-state index contributed by atoms with van der Waals surface area (Å²) in [6, 6.07) is 0. The normalized spacial score (nSPS) is 22.0. The highest BCUT2D eigenvalue weighted by atomic mass is 14.2. The van der Waals surface area contributed by atoms with Crippen LogP contribution in [-0.4, -0.2) is 0 Å². The average molecular weight is 186 g/mol. The Morgan fingerprint density at radius 1 is 1.36 bits per heavy atom. The van der Waals surface area contributed by atoms with Crippen LogP contribution in [0.3, 0.4) is 0 Å². The monoisotopic (exact) mass is 186 g/mol. The zero-order valence-corrected chi connectivity index (χ0v) is 9.09. The SMILES string of the molecule is CCC1=CCC=C1C(C)C1=CC=CC1. The highest BCUT2D eigenvalue weighted by Crippen LogP contribution is 2.34. The van der Waals surface area contributed by atoms with E-state index in [0.717, 1.165) is 12.8 Å². The maximum Gasteiger partial charge on any atom is 0.00256 e. The summed E-state index contributed by atoms with van der Waals surface area (Å²) in [5, 5.41) is 0. The largest absolute Gasteiger partial charge is 0.0804 e. The molecule has 0 N–H and O–H groups in total. The fraction of sp³-hybridized carbons (Fsp3) is 0.429. The highest BCUT2D eigenvalue weighted by molar-refractivity contribution is 5.43. The Morgan fingerprint density at radius 2 is 2.21 bits per heavy atom. The first kappa shape index (κ1) is 9.51. The molecule has 1 atom stereocenters. The second-order valence-electron chi connectivity index (χ2n) is 4.07. The van der Waals surface area contributed by atoms with Crippen molar-refractivity contribution in [3.8, 4) is 0 Å². The van der Waals surface area contributed by atoms with Crippen LogP contribution in [0.2, 0.25) is 0 Å². The maximum atomic E-state index is 2.39. The minimum atomic E-state index is 0.624. The molecule has 2 aliphatic carbocycles. The van der Waals surface area contributed by atoms with Crippen molar-refractivity contribution in [3.05, 3.63) is 47.1 Å². The molecule has 0 aromatic heterocycles. The molecule has 1 unspecified atom stereocenters. The molecule has 0 bridgehead atoms. The van der Waals surface area contributed by atoms with Crippen molar-refractivity contribution in [3.63, 3.8) is 0 Å². The quantitative estimate of drug-likeness (QED) is 0.620. The summed E-state index contributed by atoms with van der Waals surface area (Å²) < 4.78 is 0. The summed E-state index contributed by atoms with van der Waals surface area (Å²) in [7, 11) is 0. The van der Waals surface area contributed by atoms with Gasteiger partial charge < -0.3 is 0 Å². The van der Waals surface area contributed by atoms with Crippen LogP contribution in [0.4, 0.5) is 0 Å². The lowest BCUT2D eigenvalue weighted by molar-refractivity contribution is 0.783. The van der Waals surface area contributed by atoms with Crippen molar-refractivity contribution in [2.45, 2.75) is 33.1 Å². The Hall–Kier alpha value is -1.04. The molecule has 0 nitrogen and oxygen atoms in total. The summed E-state index contributed by atoms with van der Waals surface area (Å²) in [5.41, 5.74) is 4.70. The number of hydrogen-bond acceptors (Lipinski definition) is 0. The van der Waals surface area contributed by atoms with E-state index in [1.807, 2.05) is 0 Å². The molecule has 74 valence electrons. The van der Waals surface area contributed by atoms with Crippen LogP contribution >= 0.6 is 0 Å². The van der Waals surface area contributed by atoms with Crippen LogP contribution in [0.25, 0.3) is 0 Å². The summed E-state index contributed by atoms with van der Waals surface area (Å²) in [6.45, 7) is 4.58. The van der Waals surface area contributed by atoms with Crippen LogP contribution in [0.1, 0.15) is 33.1 Å². The van der Waals surface area contributed by atoms with Gasteiger partial charge in [0.15, 0.2) is 0 Å². The van der Waals surface area contributed by atoms with E-state index in [1.165, 1.54) is 6.42 Å². The molecule has 0 heteroatoms. The molecular weight excluding hydrogens is 168 g/mol. The van der Waals surface area contributed by atoms with Gasteiger partial charge in [0.2, 0.25) is 0 Å². The van der Waals surface area contributed by atoms with E-state index >= 15 is 0 Å². The Bertz CT molecular complexity index is 337. The van der Waals surface area contributed by atoms with E-state index in [4.69, 9.17) is 0 Å². The molecule has 2 rings (SSSR count). The van der Waals surface area contributed by atoms with Gasteiger partial charge in [0.05, 0.1) is 0 Å². The Balaban J connectivity index is 2.12. The van der Waals surface area contributed by atoms with Crippen LogP contribution in [0, 0.1) is 5.92 Å². The Morgan fingerprint density at radius 3 is 2.86 bits per heavy atom. The first-order chi connectivity index (χ1) is 6.83. The van der Waals surface area contributed by atoms with E-state index in [1.54, 1.807) is 16.7 Å². The molecule has 0 fully saturated rings. The van der Waals surface area contributed by atoms with Gasteiger partial charge in [-0.2, -0.15) is 0 Å². The molecule has 0 spiro atoms. The van der Waals surface area contributed by atoms with Gasteiger partial charge in [-0.3, -0.25) is 0 Å². The standard InChI is InChI=1S/C14H18/c1-3-12-9-6-10-14(12)11(2)13-7-4-5-8-13/h4-5,7,9-11H,3,6,8H2,1-2H3. The molecule has 0 aromatic carbocycles. The fourth-order valence-corrected chi connectivity index (χ4v) is 2.37. The van der Waals surface area contributed by atoms with Gasteiger partial charge in [0.25, 0.3) is 0 Å². The van der Waals surface area contributed by atoms with Gasteiger partial charge >= 0.3 is 0 Å². The van der Waals surface area contributed by atoms with E-state index in [2.05, 4.69) is 44.2 Å². The summed E-state index contributed by atoms with van der Waals surface area (Å²) in [6.07, 6.45) is 14.9. The lowest BCUT2D eigenvalue weighted by Crippen LogP contribution is -2.02. The number of rotatable bonds is 3. The second kappa shape index (κ2) is 4.00. The zero-order valence-electron chi connectivity index (χ0n) is 9.09. The number of hydrogen-bond donors (Lipinski definition) is 0. The molecule has 0 heterocycles. The van der Waals surface area contributed by atoms with Gasteiger partial charge in [0.1, 0.15) is 0 Å². The van der Waals surface area contributed by atoms with Crippen molar-refractivity contribution >= 4 is 0 Å². The van der Waals surface area contributed by atoms with Crippen LogP contribution < -0.4 is 0 Å². The van der Waals surface area contributed by atoms with Crippen LogP contribution in [0.5, 0.6) is 0 Å². The minimum absolute atomic E-state index is 0.624. The molecular formula is C14H18. The van der Waals surface area contributed by atoms with E-state index in [9.17, 15) is 0 Å². The lowest BCUT2D eigenvalue weighted by atomic mass is 9.88. The van der Waals surface area contributed by atoms with Crippen LogP contribution in [-0.2, 0) is 0 Å². The topological polar surface area (TPSA) is 0 Å². The van der Waals surface area contributed by atoms with Crippen molar-refractivity contribution in [2.75, 3.05) is 0 Å². The third kappa shape index (κ3) is 1.61. The molecule has 0 aromatic rings. The van der Waals surface area contributed by atoms with E-state index < -0.39 is 0 Å². The van der Waals surface area contributed by atoms with Gasteiger partial charge in [-0.1, -0.05) is 49.8 Å². The molecule has 0 aliphatic heterocycles. The average Bonchev–Trinajstić information content (AvgIpc) is 2.87. The van der Waals surface area contributed by atoms with E-state index in [-0.39, 0.29) is 0 Å². The van der Waals surface area contributed by atoms with Gasteiger partial charge in [-0.25, -0.2) is 0 Å². The third-order valence-electron chi connectivity index (χ3n) is 3.28. The van der Waals surface area contributed by atoms with Gasteiger partial charge in [-0.05, 0) is 30.4 Å². The van der Waals surface area contributed by atoms with Crippen molar-refractivity contribution < 1.29 is 0 Å². The fourth-order valence-electron chi connectivity index (χ4n) is 2.37. The summed E-state index contributed by atoms with van der Waals surface area (Å²) in [4.78, 5) is 0. The molecule has 2 aliphatic rings. The summed E-state index contributed by atoms with van der Waals surface area (Å²) >= 11 is 0. The highest BCUT2D eigenvalue weighted by Gasteiger charge is 2.18. The Kier molecular flexibility index (Phi) is 2.72. The van der Waals surface area contributed by atoms with Gasteiger partial charge in [-0.15, -0.1) is 0 Å². The molecule has 14 heavy (non-hydrogen) atoms.